The van der Waals surface area contributed by atoms with Crippen molar-refractivity contribution in [3.63, 3.8) is 0 Å². The molecular formula is C17H21IN2. The van der Waals surface area contributed by atoms with E-state index in [0.717, 1.165) is 25.1 Å². The summed E-state index contributed by atoms with van der Waals surface area (Å²) in [6.45, 7) is 5.27. The summed E-state index contributed by atoms with van der Waals surface area (Å²) in [6, 6.07) is 13.2. The molecule has 1 heterocycles. The molecule has 1 aromatic heterocycles. The number of nitrogens with one attached hydrogen (secondary N) is 1. The molecule has 0 bridgehead atoms. The summed E-state index contributed by atoms with van der Waals surface area (Å²) in [7, 11) is 0. The minimum atomic E-state index is 0.327. The number of pyridine rings is 1. The Morgan fingerprint density at radius 3 is 2.55 bits per heavy atom. The lowest BCUT2D eigenvalue weighted by Crippen LogP contribution is -2.24. The van der Waals surface area contributed by atoms with E-state index in [1.807, 2.05) is 6.20 Å². The summed E-state index contributed by atoms with van der Waals surface area (Å²) < 4.78 is 1.31. The van der Waals surface area contributed by atoms with Gasteiger partial charge in [-0.05, 0) is 58.8 Å². The van der Waals surface area contributed by atoms with E-state index in [-0.39, 0.29) is 0 Å². The topological polar surface area (TPSA) is 24.9 Å². The number of benzene rings is 1. The smallest absolute Gasteiger partial charge is 0.0422 e. The van der Waals surface area contributed by atoms with Gasteiger partial charge in [-0.2, -0.15) is 0 Å². The molecule has 0 saturated carbocycles. The van der Waals surface area contributed by atoms with Gasteiger partial charge in [0.2, 0.25) is 0 Å². The third-order valence-electron chi connectivity index (χ3n) is 3.44. The average molecular weight is 380 g/mol. The van der Waals surface area contributed by atoms with Crippen molar-refractivity contribution in [2.75, 3.05) is 6.54 Å². The van der Waals surface area contributed by atoms with Gasteiger partial charge in [-0.15, -0.1) is 0 Å². The number of nitrogens with zero attached hydrogens (tertiary/aromatic N) is 1. The second-order valence-corrected chi connectivity index (χ2v) is 6.01. The quantitative estimate of drug-likeness (QED) is 0.762. The van der Waals surface area contributed by atoms with Gasteiger partial charge in [0.25, 0.3) is 0 Å². The van der Waals surface area contributed by atoms with Crippen LogP contribution in [0.2, 0.25) is 0 Å². The van der Waals surface area contributed by atoms with Crippen molar-refractivity contribution in [3.8, 4) is 0 Å². The molecule has 0 spiro atoms. The Kier molecular flexibility index (Phi) is 5.98. The average Bonchev–Trinajstić information content (AvgIpc) is 2.48. The number of hydrogen-bond donors (Lipinski definition) is 1. The Labute approximate surface area is 135 Å². The fourth-order valence-electron chi connectivity index (χ4n) is 2.29. The van der Waals surface area contributed by atoms with E-state index < -0.39 is 0 Å². The van der Waals surface area contributed by atoms with E-state index in [1.165, 1.54) is 14.7 Å². The number of halogens is 1. The van der Waals surface area contributed by atoms with Gasteiger partial charge in [0, 0.05) is 27.9 Å². The molecule has 20 heavy (non-hydrogen) atoms. The maximum atomic E-state index is 4.58. The molecule has 106 valence electrons. The highest BCUT2D eigenvalue weighted by molar-refractivity contribution is 14.1. The van der Waals surface area contributed by atoms with E-state index >= 15 is 0 Å². The first kappa shape index (κ1) is 15.4. The van der Waals surface area contributed by atoms with Gasteiger partial charge in [0.1, 0.15) is 0 Å². The molecule has 1 unspecified atom stereocenters. The fourth-order valence-corrected chi connectivity index (χ4v) is 3.05. The van der Waals surface area contributed by atoms with Crippen LogP contribution < -0.4 is 5.32 Å². The maximum absolute atomic E-state index is 4.58. The zero-order valence-corrected chi connectivity index (χ0v) is 14.2. The maximum Gasteiger partial charge on any atom is 0.0422 e. The van der Waals surface area contributed by atoms with Crippen molar-refractivity contribution in [1.29, 1.82) is 0 Å². The predicted octanol–water partition coefficient (Wildman–Crippen LogP) is 4.14. The summed E-state index contributed by atoms with van der Waals surface area (Å²) in [4.78, 5) is 4.58. The molecule has 2 aromatic rings. The normalized spacial score (nSPS) is 12.3. The summed E-state index contributed by atoms with van der Waals surface area (Å²) in [5, 5.41) is 3.57. The van der Waals surface area contributed by atoms with E-state index in [0.29, 0.717) is 6.04 Å². The second-order valence-electron chi connectivity index (χ2n) is 4.85. The lowest BCUT2D eigenvalue weighted by atomic mass is 10.0. The van der Waals surface area contributed by atoms with Crippen LogP contribution in [-0.4, -0.2) is 11.5 Å². The highest BCUT2D eigenvalue weighted by Gasteiger charge is 2.14. The third kappa shape index (κ3) is 4.03. The Balaban J connectivity index is 2.18. The number of hydrogen-bond acceptors (Lipinski definition) is 2. The van der Waals surface area contributed by atoms with Crippen molar-refractivity contribution >= 4 is 22.6 Å². The number of aryl methyl sites for hydroxylation is 1. The van der Waals surface area contributed by atoms with E-state index in [2.05, 4.69) is 83.1 Å². The van der Waals surface area contributed by atoms with Gasteiger partial charge in [0.05, 0.1) is 0 Å². The minimum Gasteiger partial charge on any atom is -0.310 e. The largest absolute Gasteiger partial charge is 0.310 e. The molecule has 0 fully saturated rings. The number of rotatable bonds is 6. The van der Waals surface area contributed by atoms with Crippen LogP contribution >= 0.6 is 22.6 Å². The first-order chi connectivity index (χ1) is 9.74. The molecule has 0 radical (unpaired) electrons. The van der Waals surface area contributed by atoms with Crippen LogP contribution in [0, 0.1) is 3.57 Å². The zero-order valence-electron chi connectivity index (χ0n) is 12.1. The Morgan fingerprint density at radius 1 is 1.15 bits per heavy atom. The standard InChI is InChI=1S/C17H21IN2/c1-3-13-9-10-14(20-12-13)11-17(19-4-2)15-7-5-6-8-16(15)18/h5-10,12,17,19H,3-4,11H2,1-2H3. The van der Waals surface area contributed by atoms with Crippen LogP contribution in [0.4, 0.5) is 0 Å². The monoisotopic (exact) mass is 380 g/mol. The van der Waals surface area contributed by atoms with Crippen molar-refractivity contribution in [2.45, 2.75) is 32.7 Å². The van der Waals surface area contributed by atoms with Crippen LogP contribution in [0.1, 0.15) is 36.7 Å². The summed E-state index contributed by atoms with van der Waals surface area (Å²) in [6.07, 6.45) is 3.96. The zero-order chi connectivity index (χ0) is 14.4. The molecular weight excluding hydrogens is 359 g/mol. The van der Waals surface area contributed by atoms with Crippen LogP contribution in [0.5, 0.6) is 0 Å². The van der Waals surface area contributed by atoms with Crippen LogP contribution in [0.25, 0.3) is 0 Å². The van der Waals surface area contributed by atoms with Gasteiger partial charge in [-0.3, -0.25) is 4.98 Å². The molecule has 0 aliphatic heterocycles. The number of likely N-dealkylation sites (N-methyl/N-ethyl adjacent to an activating group) is 1. The van der Waals surface area contributed by atoms with Crippen LogP contribution in [0.15, 0.2) is 42.6 Å². The highest BCUT2D eigenvalue weighted by atomic mass is 127. The van der Waals surface area contributed by atoms with Crippen LogP contribution in [-0.2, 0) is 12.8 Å². The number of aromatic nitrogens is 1. The van der Waals surface area contributed by atoms with Gasteiger partial charge in [0.15, 0.2) is 0 Å². The molecule has 0 amide bonds. The lowest BCUT2D eigenvalue weighted by molar-refractivity contribution is 0.542. The second kappa shape index (κ2) is 7.74. The molecule has 3 heteroatoms. The molecule has 1 aromatic carbocycles. The highest BCUT2D eigenvalue weighted by Crippen LogP contribution is 2.22. The van der Waals surface area contributed by atoms with E-state index in [1.54, 1.807) is 0 Å². The molecule has 0 aliphatic rings. The van der Waals surface area contributed by atoms with Crippen molar-refractivity contribution in [3.05, 3.63) is 63.0 Å². The van der Waals surface area contributed by atoms with Gasteiger partial charge >= 0.3 is 0 Å². The summed E-state index contributed by atoms with van der Waals surface area (Å²) in [5.74, 6) is 0. The molecule has 0 saturated heterocycles. The predicted molar refractivity (Wildman–Crippen MR) is 92.9 cm³/mol. The molecule has 1 atom stereocenters. The van der Waals surface area contributed by atoms with Crippen LogP contribution in [0.3, 0.4) is 0 Å². The van der Waals surface area contributed by atoms with E-state index in [9.17, 15) is 0 Å². The lowest BCUT2D eigenvalue weighted by Gasteiger charge is -2.19. The Bertz CT molecular complexity index is 537. The summed E-state index contributed by atoms with van der Waals surface area (Å²) in [5.41, 5.74) is 3.80. The first-order valence-electron chi connectivity index (χ1n) is 7.16. The Hall–Kier alpha value is -0.940. The minimum absolute atomic E-state index is 0.327. The van der Waals surface area contributed by atoms with Gasteiger partial charge in [-0.1, -0.05) is 38.1 Å². The Morgan fingerprint density at radius 2 is 1.95 bits per heavy atom. The molecule has 2 nitrogen and oxygen atoms in total. The van der Waals surface area contributed by atoms with Crippen molar-refractivity contribution in [2.24, 2.45) is 0 Å². The van der Waals surface area contributed by atoms with Gasteiger partial charge in [-0.25, -0.2) is 0 Å². The van der Waals surface area contributed by atoms with Gasteiger partial charge < -0.3 is 5.32 Å². The molecule has 1 N–H and O–H groups in total. The van der Waals surface area contributed by atoms with Crippen molar-refractivity contribution in [1.82, 2.24) is 10.3 Å². The van der Waals surface area contributed by atoms with Crippen molar-refractivity contribution < 1.29 is 0 Å². The molecule has 2 rings (SSSR count). The SMILES string of the molecule is CCNC(Cc1ccc(CC)cn1)c1ccccc1I. The molecule has 0 aliphatic carbocycles. The van der Waals surface area contributed by atoms with E-state index in [4.69, 9.17) is 0 Å². The fraction of sp³-hybridized carbons (Fsp3) is 0.353. The summed E-state index contributed by atoms with van der Waals surface area (Å²) >= 11 is 2.41. The first-order valence-corrected chi connectivity index (χ1v) is 8.24. The third-order valence-corrected chi connectivity index (χ3v) is 4.42.